The van der Waals surface area contributed by atoms with E-state index in [1.165, 1.54) is 38.5 Å². The second kappa shape index (κ2) is 24.3. The van der Waals surface area contributed by atoms with Crippen molar-refractivity contribution < 1.29 is 52.3 Å². The summed E-state index contributed by atoms with van der Waals surface area (Å²) in [5.74, 6) is 4.27. The summed E-state index contributed by atoms with van der Waals surface area (Å²) in [6.45, 7) is 4.30. The molecule has 2 atom stereocenters. The van der Waals surface area contributed by atoms with Gasteiger partial charge in [0.1, 0.15) is 0 Å². The first-order chi connectivity index (χ1) is 34.6. The average Bonchev–Trinajstić information content (AvgIpc) is 4.27. The molecule has 19 heteroatoms. The van der Waals surface area contributed by atoms with Crippen LogP contribution in [0.5, 0.6) is 23.0 Å². The predicted molar refractivity (Wildman–Crippen MR) is 260 cm³/mol. The molecule has 2 saturated carbocycles. The van der Waals surface area contributed by atoms with Crippen LogP contribution in [0.1, 0.15) is 126 Å². The van der Waals surface area contributed by atoms with E-state index < -0.39 is 11.9 Å². The summed E-state index contributed by atoms with van der Waals surface area (Å²) in [4.78, 5) is 63.1. The molecule has 0 spiro atoms. The van der Waals surface area contributed by atoms with Crippen LogP contribution in [0.3, 0.4) is 0 Å². The first kappa shape index (κ1) is 51.1. The minimum Gasteiger partial charge on any atom is -0.493 e. The van der Waals surface area contributed by atoms with Crippen molar-refractivity contribution >= 4 is 23.7 Å². The molecule has 384 valence electrons. The zero-order valence-electron chi connectivity index (χ0n) is 41.6. The van der Waals surface area contributed by atoms with E-state index in [9.17, 15) is 19.2 Å². The van der Waals surface area contributed by atoms with Crippen molar-refractivity contribution in [3.8, 4) is 45.8 Å². The number of carbonyl (C=O) groups is 4. The Morgan fingerprint density at radius 1 is 0.592 bits per heavy atom. The zero-order chi connectivity index (χ0) is 49.9. The zero-order valence-corrected chi connectivity index (χ0v) is 41.6. The maximum absolute atomic E-state index is 13.2. The van der Waals surface area contributed by atoms with Crippen molar-refractivity contribution in [2.75, 3.05) is 67.7 Å². The van der Waals surface area contributed by atoms with Crippen LogP contribution in [0.4, 0.5) is 0 Å². The molecule has 2 unspecified atom stereocenters. The van der Waals surface area contributed by atoms with Crippen LogP contribution in [0.15, 0.2) is 45.4 Å². The summed E-state index contributed by atoms with van der Waals surface area (Å²) in [5.41, 5.74) is 1.65. The van der Waals surface area contributed by atoms with Crippen LogP contribution in [-0.2, 0) is 19.2 Å². The number of nitrogens with zero attached hydrogens (tertiary/aromatic N) is 7. The van der Waals surface area contributed by atoms with Crippen LogP contribution >= 0.6 is 0 Å². The lowest BCUT2D eigenvalue weighted by Crippen LogP contribution is -2.43. The molecule has 71 heavy (non-hydrogen) atoms. The van der Waals surface area contributed by atoms with Gasteiger partial charge in [0.15, 0.2) is 23.0 Å². The SMILES string of the molecule is COc1ccc(-c2noc(C3CCN(C(=O)C4CC(=O)N(C5CCCCC5)C4)CC3)n2)cc1OC.COc1ccc(-c2noc(C3CCNCC3)n2)cc1OC.O=C(O)C1CC(=O)N(C2CCCCC2)C1. The minimum atomic E-state index is -0.832. The van der Waals surface area contributed by atoms with Gasteiger partial charge in [0, 0.05) is 74.1 Å². The van der Waals surface area contributed by atoms with Crippen molar-refractivity contribution in [1.82, 2.24) is 40.3 Å². The number of nitrogens with one attached hydrogen (secondary N) is 1. The number of carboxylic acid groups (broad SMARTS) is 1. The van der Waals surface area contributed by atoms with Crippen LogP contribution in [0, 0.1) is 11.8 Å². The van der Waals surface area contributed by atoms with E-state index in [1.54, 1.807) is 33.3 Å². The summed E-state index contributed by atoms with van der Waals surface area (Å²) in [7, 11) is 6.41. The van der Waals surface area contributed by atoms with Crippen molar-refractivity contribution in [3.63, 3.8) is 0 Å². The maximum Gasteiger partial charge on any atom is 0.308 e. The Labute approximate surface area is 415 Å². The Balaban J connectivity index is 0.000000159. The Kier molecular flexibility index (Phi) is 17.5. The van der Waals surface area contributed by atoms with Gasteiger partial charge >= 0.3 is 5.97 Å². The molecule has 19 nitrogen and oxygen atoms in total. The van der Waals surface area contributed by atoms with Gasteiger partial charge in [0.25, 0.3) is 0 Å². The Hall–Kier alpha value is -6.24. The number of rotatable bonds is 12. The highest BCUT2D eigenvalue weighted by molar-refractivity contribution is 5.89. The standard InChI is InChI=1S/C26H34N4O5.C15H19N3O3.C11H17NO3/c1-33-21-9-8-18(14-22(21)34-2)24-27-25(35-28-24)17-10-12-29(13-11-17)26(32)19-15-23(31)30(16-19)20-6-4-3-5-7-20;1-19-12-4-3-11(9-13(12)20-2)14-17-15(21-18-14)10-5-7-16-8-6-10;13-10-6-8(11(14)15)7-12(10)9-4-2-1-3-5-9/h8-9,14,17,19-20H,3-7,10-13,15-16H2,1-2H3;3-4,9-10,16H,5-8H2,1-2H3;8-9H,1-7H2,(H,14,15). The molecule has 0 bridgehead atoms. The molecule has 2 aromatic carbocycles. The Morgan fingerprint density at radius 2 is 1.03 bits per heavy atom. The van der Waals surface area contributed by atoms with Gasteiger partial charge in [-0.15, -0.1) is 0 Å². The fourth-order valence-electron chi connectivity index (χ4n) is 10.9. The summed E-state index contributed by atoms with van der Waals surface area (Å²) >= 11 is 0. The van der Waals surface area contributed by atoms with Crippen molar-refractivity contribution in [3.05, 3.63) is 48.2 Å². The number of aliphatic carboxylic acids is 1. The van der Waals surface area contributed by atoms with E-state index in [0.29, 0.717) is 91.1 Å². The second-order valence-corrected chi connectivity index (χ2v) is 19.5. The van der Waals surface area contributed by atoms with Crippen LogP contribution in [0.2, 0.25) is 0 Å². The highest BCUT2D eigenvalue weighted by atomic mass is 16.5. The number of benzene rings is 2. The number of ether oxygens (including phenoxy) is 4. The summed E-state index contributed by atoms with van der Waals surface area (Å²) in [6, 6.07) is 11.8. The topological polar surface area (TPSA) is 225 Å². The van der Waals surface area contributed by atoms with E-state index in [4.69, 9.17) is 33.1 Å². The fraction of sp³-hybridized carbons (Fsp3) is 0.615. The predicted octanol–water partition coefficient (Wildman–Crippen LogP) is 7.11. The van der Waals surface area contributed by atoms with Crippen LogP contribution < -0.4 is 24.3 Å². The Morgan fingerprint density at radius 3 is 1.46 bits per heavy atom. The third-order valence-corrected chi connectivity index (χ3v) is 15.1. The van der Waals surface area contributed by atoms with Gasteiger partial charge in [-0.2, -0.15) is 9.97 Å². The Bertz CT molecular complexity index is 2420. The normalized spacial score (nSPS) is 21.5. The summed E-state index contributed by atoms with van der Waals surface area (Å²) in [5, 5.41) is 20.5. The number of hydrogen-bond donors (Lipinski definition) is 2. The van der Waals surface area contributed by atoms with Gasteiger partial charge in [0.05, 0.1) is 40.3 Å². The number of aromatic nitrogens is 4. The number of carbonyl (C=O) groups excluding carboxylic acids is 3. The van der Waals surface area contributed by atoms with Gasteiger partial charge in [-0.1, -0.05) is 48.8 Å². The van der Waals surface area contributed by atoms with Gasteiger partial charge in [-0.05, 0) is 101 Å². The molecule has 2 N–H and O–H groups in total. The number of amides is 3. The summed E-state index contributed by atoms with van der Waals surface area (Å²) in [6.07, 6.45) is 15.6. The highest BCUT2D eigenvalue weighted by Gasteiger charge is 2.41. The number of methoxy groups -OCH3 is 4. The van der Waals surface area contributed by atoms with Crippen LogP contribution in [0.25, 0.3) is 22.8 Å². The second-order valence-electron chi connectivity index (χ2n) is 19.5. The molecule has 3 amide bonds. The number of piperidine rings is 2. The first-order valence-electron chi connectivity index (χ1n) is 25.5. The molecule has 6 heterocycles. The molecule has 2 aromatic heterocycles. The lowest BCUT2D eigenvalue weighted by atomic mass is 9.94. The largest absolute Gasteiger partial charge is 0.493 e. The number of carboxylic acids is 1. The third-order valence-electron chi connectivity index (χ3n) is 15.1. The molecular formula is C52H70N8O11. The smallest absolute Gasteiger partial charge is 0.308 e. The first-order valence-corrected chi connectivity index (χ1v) is 25.5. The van der Waals surface area contributed by atoms with Gasteiger partial charge in [0.2, 0.25) is 41.2 Å². The average molecular weight is 983 g/mol. The molecule has 2 aliphatic carbocycles. The van der Waals surface area contributed by atoms with E-state index >= 15 is 0 Å². The molecular weight excluding hydrogens is 913 g/mol. The highest BCUT2D eigenvalue weighted by Crippen LogP contribution is 2.36. The number of likely N-dealkylation sites (tertiary alicyclic amines) is 3. The van der Waals surface area contributed by atoms with Gasteiger partial charge in [-0.3, -0.25) is 19.2 Å². The molecule has 6 aliphatic rings. The molecule has 4 saturated heterocycles. The van der Waals surface area contributed by atoms with Gasteiger partial charge in [-0.25, -0.2) is 0 Å². The lowest BCUT2D eigenvalue weighted by Gasteiger charge is -2.33. The number of hydrogen-bond acceptors (Lipinski definition) is 15. The molecule has 0 radical (unpaired) electrons. The molecule has 4 aromatic rings. The van der Waals surface area contributed by atoms with E-state index in [2.05, 4.69) is 25.6 Å². The van der Waals surface area contributed by atoms with Crippen molar-refractivity contribution in [1.29, 1.82) is 0 Å². The van der Waals surface area contributed by atoms with Crippen LogP contribution in [-0.4, -0.2) is 144 Å². The van der Waals surface area contributed by atoms with E-state index in [0.717, 1.165) is 81.5 Å². The summed E-state index contributed by atoms with van der Waals surface area (Å²) < 4.78 is 32.2. The monoisotopic (exact) mass is 983 g/mol. The maximum atomic E-state index is 13.2. The quantitative estimate of drug-likeness (QED) is 0.144. The molecule has 6 fully saturated rings. The third kappa shape index (κ3) is 12.5. The fourth-order valence-corrected chi connectivity index (χ4v) is 10.9. The van der Waals surface area contributed by atoms with E-state index in [1.807, 2.05) is 46.2 Å². The van der Waals surface area contributed by atoms with E-state index in [-0.39, 0.29) is 36.0 Å². The van der Waals surface area contributed by atoms with Crippen molar-refractivity contribution in [2.24, 2.45) is 11.8 Å². The minimum absolute atomic E-state index is 0.0364. The lowest BCUT2D eigenvalue weighted by molar-refractivity contribution is -0.141. The van der Waals surface area contributed by atoms with Gasteiger partial charge < -0.3 is 53.1 Å². The molecule has 10 rings (SSSR count). The molecule has 4 aliphatic heterocycles. The van der Waals surface area contributed by atoms with Crippen molar-refractivity contribution in [2.45, 2.75) is 127 Å².